The first-order valence-electron chi connectivity index (χ1n) is 7.47. The van der Waals surface area contributed by atoms with E-state index in [0.29, 0.717) is 6.54 Å². The van der Waals surface area contributed by atoms with E-state index in [4.69, 9.17) is 0 Å². The first-order chi connectivity index (χ1) is 8.59. The highest BCUT2D eigenvalue weighted by atomic mass is 16.3. The van der Waals surface area contributed by atoms with Crippen LogP contribution in [0, 0.1) is 11.3 Å². The van der Waals surface area contributed by atoms with Gasteiger partial charge in [0, 0.05) is 17.9 Å². The summed E-state index contributed by atoms with van der Waals surface area (Å²) in [7, 11) is 0. The van der Waals surface area contributed by atoms with Crippen LogP contribution in [0.1, 0.15) is 66.2 Å². The summed E-state index contributed by atoms with van der Waals surface area (Å²) in [6, 6.07) is 0. The molecule has 1 atom stereocenters. The van der Waals surface area contributed by atoms with Crippen LogP contribution in [0.2, 0.25) is 0 Å². The number of aliphatic hydroxyl groups is 1. The molecule has 0 fully saturated rings. The van der Waals surface area contributed by atoms with Gasteiger partial charge in [0.2, 0.25) is 5.91 Å². The van der Waals surface area contributed by atoms with Crippen molar-refractivity contribution in [3.63, 3.8) is 0 Å². The highest BCUT2D eigenvalue weighted by molar-refractivity contribution is 5.78. The summed E-state index contributed by atoms with van der Waals surface area (Å²) in [5.41, 5.74) is -0.140. The van der Waals surface area contributed by atoms with Crippen molar-refractivity contribution in [2.75, 3.05) is 13.2 Å². The van der Waals surface area contributed by atoms with Gasteiger partial charge in [-0.05, 0) is 25.7 Å². The molecule has 108 valence electrons. The highest BCUT2D eigenvalue weighted by Gasteiger charge is 2.27. The Kier molecular flexibility index (Phi) is 9.08. The zero-order valence-electron chi connectivity index (χ0n) is 12.6. The van der Waals surface area contributed by atoms with Crippen molar-refractivity contribution in [2.24, 2.45) is 11.3 Å². The minimum atomic E-state index is -0.140. The summed E-state index contributed by atoms with van der Waals surface area (Å²) in [6.07, 6.45) is 5.91. The van der Waals surface area contributed by atoms with Crippen molar-refractivity contribution in [3.8, 4) is 0 Å². The Morgan fingerprint density at radius 3 is 2.22 bits per heavy atom. The van der Waals surface area contributed by atoms with Crippen molar-refractivity contribution in [3.05, 3.63) is 0 Å². The van der Waals surface area contributed by atoms with E-state index in [1.807, 2.05) is 0 Å². The van der Waals surface area contributed by atoms with Gasteiger partial charge in [0.25, 0.3) is 0 Å². The van der Waals surface area contributed by atoms with Crippen molar-refractivity contribution in [1.82, 2.24) is 5.32 Å². The molecule has 1 unspecified atom stereocenters. The normalized spacial score (nSPS) is 13.4. The lowest BCUT2D eigenvalue weighted by Crippen LogP contribution is -2.41. The fourth-order valence-corrected chi connectivity index (χ4v) is 2.17. The van der Waals surface area contributed by atoms with Crippen LogP contribution in [0.3, 0.4) is 0 Å². The number of hydrogen-bond acceptors (Lipinski definition) is 2. The third-order valence-electron chi connectivity index (χ3n) is 4.24. The van der Waals surface area contributed by atoms with Crippen LogP contribution in [0.15, 0.2) is 0 Å². The number of carbonyl (C=O) groups is 1. The maximum absolute atomic E-state index is 12.1. The number of aliphatic hydroxyl groups excluding tert-OH is 1. The van der Waals surface area contributed by atoms with Crippen LogP contribution in [0.25, 0.3) is 0 Å². The Hall–Kier alpha value is -0.570. The van der Waals surface area contributed by atoms with Crippen LogP contribution in [-0.2, 0) is 4.79 Å². The number of carbonyl (C=O) groups excluding carboxylic acids is 1. The molecule has 3 nitrogen and oxygen atoms in total. The second-order valence-corrected chi connectivity index (χ2v) is 5.33. The lowest BCUT2D eigenvalue weighted by Gasteiger charge is -2.30. The lowest BCUT2D eigenvalue weighted by molar-refractivity contribution is -0.126. The van der Waals surface area contributed by atoms with E-state index in [1.54, 1.807) is 0 Å². The largest absolute Gasteiger partial charge is 0.396 e. The van der Waals surface area contributed by atoms with E-state index in [-0.39, 0.29) is 23.8 Å². The molecule has 18 heavy (non-hydrogen) atoms. The van der Waals surface area contributed by atoms with Gasteiger partial charge < -0.3 is 10.4 Å². The fourth-order valence-electron chi connectivity index (χ4n) is 2.17. The molecular formula is C15H31NO2. The molecule has 1 amide bonds. The topological polar surface area (TPSA) is 49.3 Å². The minimum Gasteiger partial charge on any atom is -0.396 e. The molecule has 0 aromatic carbocycles. The Labute approximate surface area is 112 Å². The molecule has 0 saturated heterocycles. The minimum absolute atomic E-state index is 0.134. The van der Waals surface area contributed by atoms with Crippen LogP contribution in [0.4, 0.5) is 0 Å². The Bertz CT molecular complexity index is 216. The molecule has 0 aliphatic carbocycles. The number of amides is 1. The number of hydrogen-bond donors (Lipinski definition) is 2. The Balaban J connectivity index is 4.28. The van der Waals surface area contributed by atoms with Gasteiger partial charge >= 0.3 is 0 Å². The predicted octanol–water partition coefficient (Wildman–Crippen LogP) is 3.12. The molecule has 2 N–H and O–H groups in total. The second-order valence-electron chi connectivity index (χ2n) is 5.33. The molecule has 0 rings (SSSR count). The molecule has 0 heterocycles. The quantitative estimate of drug-likeness (QED) is 0.632. The van der Waals surface area contributed by atoms with Crippen molar-refractivity contribution >= 4 is 5.91 Å². The Morgan fingerprint density at radius 2 is 1.83 bits per heavy atom. The molecule has 0 aromatic heterocycles. The zero-order valence-corrected chi connectivity index (χ0v) is 12.6. The number of rotatable bonds is 10. The molecular weight excluding hydrogens is 226 g/mol. The molecule has 0 saturated carbocycles. The summed E-state index contributed by atoms with van der Waals surface area (Å²) in [5, 5.41) is 12.5. The maximum atomic E-state index is 12.1. The average molecular weight is 257 g/mol. The van der Waals surface area contributed by atoms with Gasteiger partial charge in [-0.25, -0.2) is 0 Å². The van der Waals surface area contributed by atoms with Gasteiger partial charge in [-0.3, -0.25) is 4.79 Å². The summed E-state index contributed by atoms with van der Waals surface area (Å²) in [5.74, 6) is 0.292. The molecule has 0 aliphatic rings. The van der Waals surface area contributed by atoms with Crippen LogP contribution >= 0.6 is 0 Å². The monoisotopic (exact) mass is 257 g/mol. The SMILES string of the molecule is CCCCC(CC)C(=O)NCC(CC)(CC)CO. The fraction of sp³-hybridized carbons (Fsp3) is 0.933. The first-order valence-corrected chi connectivity index (χ1v) is 7.47. The summed E-state index contributed by atoms with van der Waals surface area (Å²) < 4.78 is 0. The van der Waals surface area contributed by atoms with Crippen LogP contribution < -0.4 is 5.32 Å². The number of unbranched alkanes of at least 4 members (excludes halogenated alkanes) is 1. The van der Waals surface area contributed by atoms with Gasteiger partial charge in [0.15, 0.2) is 0 Å². The molecule has 0 aromatic rings. The first kappa shape index (κ1) is 17.4. The molecule has 0 spiro atoms. The predicted molar refractivity (Wildman–Crippen MR) is 76.4 cm³/mol. The molecule has 3 heteroatoms. The summed E-state index contributed by atoms with van der Waals surface area (Å²) in [6.45, 7) is 9.10. The van der Waals surface area contributed by atoms with Gasteiger partial charge in [-0.2, -0.15) is 0 Å². The Morgan fingerprint density at radius 1 is 1.22 bits per heavy atom. The zero-order chi connectivity index (χ0) is 14.0. The molecule has 0 radical (unpaired) electrons. The van der Waals surface area contributed by atoms with Gasteiger partial charge in [0.1, 0.15) is 0 Å². The van der Waals surface area contributed by atoms with E-state index in [1.165, 1.54) is 0 Å². The van der Waals surface area contributed by atoms with Gasteiger partial charge in [-0.15, -0.1) is 0 Å². The standard InChI is InChI=1S/C15H31NO2/c1-5-9-10-13(6-2)14(18)16-11-15(7-3,8-4)12-17/h13,17H,5-12H2,1-4H3,(H,16,18). The van der Waals surface area contributed by atoms with E-state index in [2.05, 4.69) is 33.0 Å². The van der Waals surface area contributed by atoms with Crippen LogP contribution in [-0.4, -0.2) is 24.2 Å². The van der Waals surface area contributed by atoms with Gasteiger partial charge in [0.05, 0.1) is 6.61 Å². The summed E-state index contributed by atoms with van der Waals surface area (Å²) in [4.78, 5) is 12.1. The van der Waals surface area contributed by atoms with Crippen LogP contribution in [0.5, 0.6) is 0 Å². The second kappa shape index (κ2) is 9.37. The van der Waals surface area contributed by atoms with E-state index in [0.717, 1.165) is 38.5 Å². The van der Waals surface area contributed by atoms with E-state index < -0.39 is 0 Å². The van der Waals surface area contributed by atoms with Gasteiger partial charge in [-0.1, -0.05) is 40.5 Å². The van der Waals surface area contributed by atoms with Crippen molar-refractivity contribution in [2.45, 2.75) is 66.2 Å². The smallest absolute Gasteiger partial charge is 0.223 e. The van der Waals surface area contributed by atoms with Crippen molar-refractivity contribution < 1.29 is 9.90 Å². The lowest BCUT2D eigenvalue weighted by atomic mass is 9.83. The van der Waals surface area contributed by atoms with E-state index in [9.17, 15) is 9.90 Å². The highest BCUT2D eigenvalue weighted by Crippen LogP contribution is 2.24. The maximum Gasteiger partial charge on any atom is 0.223 e. The number of nitrogens with one attached hydrogen (secondary N) is 1. The molecule has 0 aliphatic heterocycles. The third-order valence-corrected chi connectivity index (χ3v) is 4.24. The summed E-state index contributed by atoms with van der Waals surface area (Å²) >= 11 is 0. The third kappa shape index (κ3) is 5.38. The van der Waals surface area contributed by atoms with Crippen molar-refractivity contribution in [1.29, 1.82) is 0 Å². The molecule has 0 bridgehead atoms. The van der Waals surface area contributed by atoms with E-state index >= 15 is 0 Å². The average Bonchev–Trinajstić information content (AvgIpc) is 2.42.